The number of carbonyl (C=O) groups is 1. The van der Waals surface area contributed by atoms with Crippen molar-refractivity contribution in [3.05, 3.63) is 57.6 Å². The number of hydrogen-bond donors (Lipinski definition) is 1. The Labute approximate surface area is 168 Å². The molecule has 0 bridgehead atoms. The van der Waals surface area contributed by atoms with Crippen molar-refractivity contribution in [1.29, 1.82) is 0 Å². The van der Waals surface area contributed by atoms with E-state index in [2.05, 4.69) is 5.32 Å². The van der Waals surface area contributed by atoms with E-state index in [1.54, 1.807) is 36.4 Å². The molecular formula is C20H21Cl2NO4. The highest BCUT2D eigenvalue weighted by molar-refractivity contribution is 6.35. The lowest BCUT2D eigenvalue weighted by atomic mass is 10.1. The van der Waals surface area contributed by atoms with Crippen LogP contribution in [0.5, 0.6) is 17.2 Å². The van der Waals surface area contributed by atoms with Gasteiger partial charge in [-0.3, -0.25) is 4.79 Å². The number of hydrogen-bond acceptors (Lipinski definition) is 4. The maximum absolute atomic E-state index is 12.3. The van der Waals surface area contributed by atoms with E-state index in [0.29, 0.717) is 27.3 Å². The van der Waals surface area contributed by atoms with Crippen LogP contribution in [0, 0.1) is 0 Å². The monoisotopic (exact) mass is 409 g/mol. The van der Waals surface area contributed by atoms with Crippen LogP contribution in [-0.4, -0.2) is 27.2 Å². The summed E-state index contributed by atoms with van der Waals surface area (Å²) in [6.07, 6.45) is 3.09. The van der Waals surface area contributed by atoms with Crippen molar-refractivity contribution in [2.24, 2.45) is 0 Å². The lowest BCUT2D eigenvalue weighted by molar-refractivity contribution is -0.117. The van der Waals surface area contributed by atoms with Crippen molar-refractivity contribution < 1.29 is 19.0 Å². The molecule has 0 saturated carbocycles. The molecule has 0 aliphatic rings. The Balaban J connectivity index is 2.14. The van der Waals surface area contributed by atoms with E-state index in [1.165, 1.54) is 27.4 Å². The smallest absolute Gasteiger partial charge is 0.244 e. The van der Waals surface area contributed by atoms with Crippen LogP contribution in [-0.2, 0) is 4.79 Å². The third kappa shape index (κ3) is 5.31. The van der Waals surface area contributed by atoms with Crippen molar-refractivity contribution in [3.63, 3.8) is 0 Å². The molecule has 5 nitrogen and oxygen atoms in total. The van der Waals surface area contributed by atoms with Gasteiger partial charge in [0.05, 0.1) is 27.4 Å². The molecule has 1 N–H and O–H groups in total. The molecule has 0 aromatic heterocycles. The average Bonchev–Trinajstić information content (AvgIpc) is 2.65. The molecule has 0 radical (unpaired) electrons. The average molecular weight is 410 g/mol. The number of ether oxygens (including phenoxy) is 3. The van der Waals surface area contributed by atoms with Gasteiger partial charge in [0.2, 0.25) is 11.7 Å². The second-order valence-corrected chi connectivity index (χ2v) is 6.53. The molecule has 0 aliphatic heterocycles. The maximum Gasteiger partial charge on any atom is 0.244 e. The third-order valence-corrected chi connectivity index (χ3v) is 4.46. The Bertz CT molecular complexity index is 827. The van der Waals surface area contributed by atoms with Gasteiger partial charge in [0.15, 0.2) is 11.5 Å². The van der Waals surface area contributed by atoms with Crippen molar-refractivity contribution in [1.82, 2.24) is 5.32 Å². The van der Waals surface area contributed by atoms with Crippen LogP contribution in [0.2, 0.25) is 10.0 Å². The summed E-state index contributed by atoms with van der Waals surface area (Å²) in [6, 6.07) is 8.41. The molecule has 1 amide bonds. The summed E-state index contributed by atoms with van der Waals surface area (Å²) in [5, 5.41) is 3.92. The molecule has 144 valence electrons. The lowest BCUT2D eigenvalue weighted by Crippen LogP contribution is -2.24. The van der Waals surface area contributed by atoms with Gasteiger partial charge in [0.1, 0.15) is 0 Å². The normalized spacial score (nSPS) is 11.9. The first-order valence-electron chi connectivity index (χ1n) is 8.13. The number of amides is 1. The van der Waals surface area contributed by atoms with Crippen molar-refractivity contribution >= 4 is 35.2 Å². The molecule has 1 atom stereocenters. The predicted octanol–water partition coefficient (Wildman–Crippen LogP) is 4.91. The molecule has 0 saturated heterocycles. The summed E-state index contributed by atoms with van der Waals surface area (Å²) in [4.78, 5) is 12.3. The second-order valence-electron chi connectivity index (χ2n) is 5.69. The van der Waals surface area contributed by atoms with Crippen LogP contribution in [0.3, 0.4) is 0 Å². The molecule has 0 heterocycles. The molecule has 2 aromatic carbocycles. The van der Waals surface area contributed by atoms with Crippen LogP contribution in [0.15, 0.2) is 36.4 Å². The van der Waals surface area contributed by atoms with E-state index in [1.807, 2.05) is 6.92 Å². The summed E-state index contributed by atoms with van der Waals surface area (Å²) < 4.78 is 15.9. The Morgan fingerprint density at radius 2 is 1.67 bits per heavy atom. The zero-order chi connectivity index (χ0) is 20.0. The first kappa shape index (κ1) is 20.9. The number of rotatable bonds is 7. The minimum absolute atomic E-state index is 0.262. The van der Waals surface area contributed by atoms with E-state index in [0.717, 1.165) is 11.1 Å². The zero-order valence-corrected chi connectivity index (χ0v) is 17.0. The van der Waals surface area contributed by atoms with Crippen LogP contribution >= 0.6 is 23.2 Å². The van der Waals surface area contributed by atoms with Crippen molar-refractivity contribution in [3.8, 4) is 17.2 Å². The highest BCUT2D eigenvalue weighted by Crippen LogP contribution is 2.38. The minimum atomic E-state index is -0.271. The van der Waals surface area contributed by atoms with Gasteiger partial charge in [-0.1, -0.05) is 29.3 Å². The highest BCUT2D eigenvalue weighted by Gasteiger charge is 2.13. The van der Waals surface area contributed by atoms with E-state index < -0.39 is 0 Å². The Hall–Kier alpha value is -2.37. The summed E-state index contributed by atoms with van der Waals surface area (Å²) >= 11 is 12.1. The molecule has 0 fully saturated rings. The van der Waals surface area contributed by atoms with Crippen LogP contribution in [0.4, 0.5) is 0 Å². The maximum atomic E-state index is 12.3. The fraction of sp³-hybridized carbons (Fsp3) is 0.250. The fourth-order valence-corrected chi connectivity index (χ4v) is 3.13. The standard InChI is InChI=1S/C20H21Cl2NO4/c1-12(15-7-6-14(21)11-16(15)22)23-19(24)8-5-13-9-17(25-2)20(27-4)18(10-13)26-3/h5-12H,1-4H3,(H,23,24)/b8-5+. The third-order valence-electron chi connectivity index (χ3n) is 3.90. The zero-order valence-electron chi connectivity index (χ0n) is 15.5. The molecule has 0 aliphatic carbocycles. The number of benzene rings is 2. The van der Waals surface area contributed by atoms with Gasteiger partial charge in [0.25, 0.3) is 0 Å². The largest absolute Gasteiger partial charge is 0.493 e. The Morgan fingerprint density at radius 3 is 2.19 bits per heavy atom. The summed E-state index contributed by atoms with van der Waals surface area (Å²) in [7, 11) is 4.61. The van der Waals surface area contributed by atoms with Crippen molar-refractivity contribution in [2.75, 3.05) is 21.3 Å². The van der Waals surface area contributed by atoms with Gasteiger partial charge in [-0.25, -0.2) is 0 Å². The van der Waals surface area contributed by atoms with Gasteiger partial charge in [-0.15, -0.1) is 0 Å². The minimum Gasteiger partial charge on any atom is -0.493 e. The summed E-state index contributed by atoms with van der Waals surface area (Å²) in [6.45, 7) is 1.85. The highest BCUT2D eigenvalue weighted by atomic mass is 35.5. The first-order chi connectivity index (χ1) is 12.9. The summed E-state index contributed by atoms with van der Waals surface area (Å²) in [5.74, 6) is 1.26. The number of methoxy groups -OCH3 is 3. The predicted molar refractivity (Wildman–Crippen MR) is 108 cm³/mol. The Kier molecular flexibility index (Phi) is 7.39. The summed E-state index contributed by atoms with van der Waals surface area (Å²) in [5.41, 5.74) is 1.52. The quantitative estimate of drug-likeness (QED) is 0.659. The fourth-order valence-electron chi connectivity index (χ4n) is 2.56. The van der Waals surface area contributed by atoms with Crippen LogP contribution in [0.25, 0.3) is 6.08 Å². The van der Waals surface area contributed by atoms with Gasteiger partial charge in [-0.2, -0.15) is 0 Å². The first-order valence-corrected chi connectivity index (χ1v) is 8.88. The second kappa shape index (κ2) is 9.53. The van der Waals surface area contributed by atoms with Crippen LogP contribution < -0.4 is 19.5 Å². The van der Waals surface area contributed by atoms with E-state index in [-0.39, 0.29) is 11.9 Å². The van der Waals surface area contributed by atoms with E-state index in [9.17, 15) is 4.79 Å². The molecule has 27 heavy (non-hydrogen) atoms. The van der Waals surface area contributed by atoms with E-state index in [4.69, 9.17) is 37.4 Å². The Morgan fingerprint density at radius 1 is 1.04 bits per heavy atom. The number of halogens is 2. The number of carbonyl (C=O) groups excluding carboxylic acids is 1. The van der Waals surface area contributed by atoms with Crippen LogP contribution in [0.1, 0.15) is 24.1 Å². The number of nitrogens with one attached hydrogen (secondary N) is 1. The lowest BCUT2D eigenvalue weighted by Gasteiger charge is -2.15. The topological polar surface area (TPSA) is 56.8 Å². The van der Waals surface area contributed by atoms with Gasteiger partial charge >= 0.3 is 0 Å². The van der Waals surface area contributed by atoms with E-state index >= 15 is 0 Å². The van der Waals surface area contributed by atoms with Gasteiger partial charge < -0.3 is 19.5 Å². The SMILES string of the molecule is COc1cc(/C=C/C(=O)NC(C)c2ccc(Cl)cc2Cl)cc(OC)c1OC. The molecule has 7 heteroatoms. The molecule has 0 spiro atoms. The molecular weight excluding hydrogens is 389 g/mol. The molecule has 2 rings (SSSR count). The molecule has 2 aromatic rings. The van der Waals surface area contributed by atoms with Crippen molar-refractivity contribution in [2.45, 2.75) is 13.0 Å². The van der Waals surface area contributed by atoms with Gasteiger partial charge in [0, 0.05) is 16.1 Å². The van der Waals surface area contributed by atoms with Gasteiger partial charge in [-0.05, 0) is 48.4 Å². The molecule has 1 unspecified atom stereocenters.